The average molecular weight is 417 g/mol. The number of amides is 2. The van der Waals surface area contributed by atoms with Gasteiger partial charge >= 0.3 is 0 Å². The monoisotopic (exact) mass is 416 g/mol. The van der Waals surface area contributed by atoms with Crippen molar-refractivity contribution < 1.29 is 9.59 Å². The molecular weight excluding hydrogens is 388 g/mol. The van der Waals surface area contributed by atoms with Crippen LogP contribution in [0.4, 0.5) is 0 Å². The Morgan fingerprint density at radius 3 is 1.36 bits per heavy atom. The van der Waals surface area contributed by atoms with E-state index in [4.69, 9.17) is 0 Å². The van der Waals surface area contributed by atoms with Crippen molar-refractivity contribution in [2.24, 2.45) is 0 Å². The molecule has 0 fully saturated rings. The van der Waals surface area contributed by atoms with Crippen molar-refractivity contribution in [1.29, 1.82) is 0 Å². The lowest BCUT2D eigenvalue weighted by Gasteiger charge is -2.07. The van der Waals surface area contributed by atoms with Crippen molar-refractivity contribution in [3.63, 3.8) is 0 Å². The first-order valence-corrected chi connectivity index (χ1v) is 11.8. The van der Waals surface area contributed by atoms with Crippen molar-refractivity contribution in [3.05, 3.63) is 59.7 Å². The second-order valence-corrected chi connectivity index (χ2v) is 8.22. The maximum Gasteiger partial charge on any atom is 0.220 e. The maximum atomic E-state index is 11.9. The Bertz CT molecular complexity index is 681. The number of nitrogens with one attached hydrogen (secondary N) is 2. The van der Waals surface area contributed by atoms with Crippen LogP contribution in [-0.2, 0) is 22.7 Å². The third kappa shape index (κ3) is 8.40. The molecule has 2 amide bonds. The first-order chi connectivity index (χ1) is 13.6. The van der Waals surface area contributed by atoms with Gasteiger partial charge in [-0.05, 0) is 60.7 Å². The summed E-state index contributed by atoms with van der Waals surface area (Å²) in [6.07, 6.45) is 6.42. The summed E-state index contributed by atoms with van der Waals surface area (Å²) in [6.45, 7) is 1.09. The highest BCUT2D eigenvalue weighted by atomic mass is 32.2. The Morgan fingerprint density at radius 2 is 1.04 bits per heavy atom. The quantitative estimate of drug-likeness (QED) is 0.414. The van der Waals surface area contributed by atoms with Gasteiger partial charge in [0.2, 0.25) is 11.8 Å². The molecule has 0 aromatic heterocycles. The predicted molar refractivity (Wildman–Crippen MR) is 119 cm³/mol. The van der Waals surface area contributed by atoms with E-state index in [0.717, 1.165) is 11.1 Å². The molecule has 28 heavy (non-hydrogen) atoms. The molecule has 2 rings (SSSR count). The van der Waals surface area contributed by atoms with Crippen LogP contribution >= 0.6 is 23.5 Å². The molecule has 0 atom stereocenters. The first kappa shape index (κ1) is 22.4. The number of unbranched alkanes of at least 4 members (excludes halogenated alkanes) is 1. The van der Waals surface area contributed by atoms with Gasteiger partial charge in [-0.3, -0.25) is 9.59 Å². The van der Waals surface area contributed by atoms with Gasteiger partial charge in [0.25, 0.3) is 0 Å². The highest BCUT2D eigenvalue weighted by Gasteiger charge is 2.05. The molecule has 4 nitrogen and oxygen atoms in total. The fourth-order valence-corrected chi connectivity index (χ4v) is 3.45. The van der Waals surface area contributed by atoms with E-state index in [1.54, 1.807) is 23.5 Å². The standard InChI is InChI=1S/C22H28N2O2S2/c1-27-19-11-7-17(8-12-19)15-23-21(25)5-3-4-6-22(26)24-16-18-9-13-20(28-2)14-10-18/h7-14H,3-6,15-16H2,1-2H3,(H,23,25)(H,24,26). The SMILES string of the molecule is CSc1ccc(CNC(=O)CCCCC(=O)NCc2ccc(SC)cc2)cc1. The molecule has 0 spiro atoms. The molecule has 0 aliphatic rings. The van der Waals surface area contributed by atoms with Crippen LogP contribution in [0.1, 0.15) is 36.8 Å². The van der Waals surface area contributed by atoms with Crippen molar-refractivity contribution in [2.75, 3.05) is 12.5 Å². The van der Waals surface area contributed by atoms with E-state index in [9.17, 15) is 9.59 Å². The Balaban J connectivity index is 1.55. The highest BCUT2D eigenvalue weighted by molar-refractivity contribution is 7.98. The molecule has 150 valence electrons. The normalized spacial score (nSPS) is 10.5. The zero-order valence-corrected chi connectivity index (χ0v) is 18.1. The topological polar surface area (TPSA) is 58.2 Å². The number of carbonyl (C=O) groups excluding carboxylic acids is 2. The fourth-order valence-electron chi connectivity index (χ4n) is 2.64. The largest absolute Gasteiger partial charge is 0.352 e. The summed E-state index contributed by atoms with van der Waals surface area (Å²) in [7, 11) is 0. The lowest BCUT2D eigenvalue weighted by atomic mass is 10.1. The van der Waals surface area contributed by atoms with Gasteiger partial charge in [0.1, 0.15) is 0 Å². The zero-order valence-electron chi connectivity index (χ0n) is 16.5. The van der Waals surface area contributed by atoms with Gasteiger partial charge in [0, 0.05) is 35.7 Å². The lowest BCUT2D eigenvalue weighted by molar-refractivity contribution is -0.123. The smallest absolute Gasteiger partial charge is 0.220 e. The molecule has 0 saturated heterocycles. The van der Waals surface area contributed by atoms with E-state index in [-0.39, 0.29) is 11.8 Å². The zero-order chi connectivity index (χ0) is 20.2. The van der Waals surface area contributed by atoms with Crippen molar-refractivity contribution in [1.82, 2.24) is 10.6 Å². The Labute approximate surface area is 176 Å². The molecule has 6 heteroatoms. The van der Waals surface area contributed by atoms with E-state index in [0.29, 0.717) is 38.8 Å². The van der Waals surface area contributed by atoms with Crippen molar-refractivity contribution >= 4 is 35.3 Å². The van der Waals surface area contributed by atoms with E-state index in [2.05, 4.69) is 34.9 Å². The van der Waals surface area contributed by atoms with Gasteiger partial charge in [-0.25, -0.2) is 0 Å². The van der Waals surface area contributed by atoms with E-state index in [1.165, 1.54) is 9.79 Å². The molecule has 0 heterocycles. The molecule has 0 bridgehead atoms. The lowest BCUT2D eigenvalue weighted by Crippen LogP contribution is -2.23. The van der Waals surface area contributed by atoms with Gasteiger partial charge in [-0.15, -0.1) is 23.5 Å². The molecular formula is C22H28N2O2S2. The van der Waals surface area contributed by atoms with Crippen LogP contribution < -0.4 is 10.6 Å². The van der Waals surface area contributed by atoms with Crippen LogP contribution in [0.5, 0.6) is 0 Å². The van der Waals surface area contributed by atoms with Crippen molar-refractivity contribution in [2.45, 2.75) is 48.6 Å². The summed E-state index contributed by atoms with van der Waals surface area (Å²) in [5, 5.41) is 5.87. The summed E-state index contributed by atoms with van der Waals surface area (Å²) >= 11 is 3.40. The van der Waals surface area contributed by atoms with Crippen LogP contribution in [0, 0.1) is 0 Å². The van der Waals surface area contributed by atoms with E-state index >= 15 is 0 Å². The molecule has 2 aromatic rings. The number of rotatable bonds is 11. The first-order valence-electron chi connectivity index (χ1n) is 9.40. The van der Waals surface area contributed by atoms with Gasteiger partial charge < -0.3 is 10.6 Å². The predicted octanol–water partition coefficient (Wildman–Crippen LogP) is 4.62. The van der Waals surface area contributed by atoms with Gasteiger partial charge in [-0.1, -0.05) is 24.3 Å². The van der Waals surface area contributed by atoms with Crippen LogP contribution in [-0.4, -0.2) is 24.3 Å². The number of carbonyl (C=O) groups is 2. The Morgan fingerprint density at radius 1 is 0.679 bits per heavy atom. The highest BCUT2D eigenvalue weighted by Crippen LogP contribution is 2.15. The number of thioether (sulfide) groups is 2. The van der Waals surface area contributed by atoms with Gasteiger partial charge in [-0.2, -0.15) is 0 Å². The summed E-state index contributed by atoms with van der Waals surface area (Å²) in [5.41, 5.74) is 2.19. The van der Waals surface area contributed by atoms with E-state index < -0.39 is 0 Å². The average Bonchev–Trinajstić information content (AvgIpc) is 2.74. The van der Waals surface area contributed by atoms with E-state index in [1.807, 2.05) is 36.8 Å². The minimum Gasteiger partial charge on any atom is -0.352 e. The minimum absolute atomic E-state index is 0.0308. The summed E-state index contributed by atoms with van der Waals surface area (Å²) < 4.78 is 0. The summed E-state index contributed by atoms with van der Waals surface area (Å²) in [5.74, 6) is 0.0615. The van der Waals surface area contributed by atoms with Gasteiger partial charge in [0.05, 0.1) is 0 Å². The molecule has 0 radical (unpaired) electrons. The molecule has 2 N–H and O–H groups in total. The Hall–Kier alpha value is -1.92. The molecule has 0 aliphatic carbocycles. The van der Waals surface area contributed by atoms with Gasteiger partial charge in [0.15, 0.2) is 0 Å². The summed E-state index contributed by atoms with van der Waals surface area (Å²) in [4.78, 5) is 26.3. The van der Waals surface area contributed by atoms with Crippen LogP contribution in [0.25, 0.3) is 0 Å². The Kier molecular flexibility index (Phi) is 10.0. The second-order valence-electron chi connectivity index (χ2n) is 6.46. The summed E-state index contributed by atoms with van der Waals surface area (Å²) in [6, 6.07) is 16.4. The number of hydrogen-bond acceptors (Lipinski definition) is 4. The molecule has 2 aromatic carbocycles. The number of hydrogen-bond donors (Lipinski definition) is 2. The van der Waals surface area contributed by atoms with Crippen molar-refractivity contribution in [3.8, 4) is 0 Å². The second kappa shape index (κ2) is 12.5. The number of benzene rings is 2. The maximum absolute atomic E-state index is 11.9. The van der Waals surface area contributed by atoms with Crippen LogP contribution in [0.15, 0.2) is 58.3 Å². The third-order valence-corrected chi connectivity index (χ3v) is 5.84. The minimum atomic E-state index is 0.0308. The third-order valence-electron chi connectivity index (χ3n) is 4.36. The molecule has 0 aliphatic heterocycles. The fraction of sp³-hybridized carbons (Fsp3) is 0.364. The van der Waals surface area contributed by atoms with Crippen LogP contribution in [0.2, 0.25) is 0 Å². The molecule has 0 unspecified atom stereocenters. The molecule has 0 saturated carbocycles. The van der Waals surface area contributed by atoms with Crippen LogP contribution in [0.3, 0.4) is 0 Å².